The van der Waals surface area contributed by atoms with Crippen LogP contribution < -0.4 is 10.6 Å². The number of anilines is 1. The van der Waals surface area contributed by atoms with Crippen LogP contribution in [-0.4, -0.2) is 75.3 Å². The zero-order valence-corrected chi connectivity index (χ0v) is 21.8. The van der Waals surface area contributed by atoms with Crippen molar-refractivity contribution < 1.29 is 32.6 Å². The zero-order chi connectivity index (χ0) is 27.2. The number of aliphatic hydroxyl groups is 1. The molecule has 2 aliphatic heterocycles. The maximum atomic E-state index is 14.2. The summed E-state index contributed by atoms with van der Waals surface area (Å²) in [6.07, 6.45) is -2.17. The number of aromatic nitrogens is 2. The van der Waals surface area contributed by atoms with Crippen molar-refractivity contribution in [1.82, 2.24) is 20.2 Å². The lowest BCUT2D eigenvalue weighted by Crippen LogP contribution is -2.64. The van der Waals surface area contributed by atoms with E-state index in [1.807, 2.05) is 6.92 Å². The Bertz CT molecular complexity index is 1180. The normalized spacial score (nSPS) is 19.5. The van der Waals surface area contributed by atoms with Crippen molar-refractivity contribution >= 4 is 29.0 Å². The minimum atomic E-state index is -4.76. The van der Waals surface area contributed by atoms with E-state index in [-0.39, 0.29) is 52.8 Å². The maximum Gasteiger partial charge on any atom is 0.417 e. The number of amides is 2. The third-order valence-corrected chi connectivity index (χ3v) is 7.32. The van der Waals surface area contributed by atoms with Crippen molar-refractivity contribution in [3.05, 3.63) is 28.5 Å². The number of rotatable bonds is 6. The molecule has 2 aromatic rings. The highest BCUT2D eigenvalue weighted by Gasteiger charge is 2.42. The fraction of sp³-hybridized carbons (Fsp3) is 0.583. The van der Waals surface area contributed by atoms with Crippen molar-refractivity contribution in [3.8, 4) is 10.4 Å². The molecule has 0 aliphatic carbocycles. The Morgan fingerprint density at radius 2 is 2.00 bits per heavy atom. The minimum Gasteiger partial charge on any atom is -0.394 e. The quantitative estimate of drug-likeness (QED) is 0.512. The van der Waals surface area contributed by atoms with Gasteiger partial charge in [-0.25, -0.2) is 9.97 Å². The van der Waals surface area contributed by atoms with Gasteiger partial charge in [-0.3, -0.25) is 9.59 Å². The molecule has 1 unspecified atom stereocenters. The average Bonchev–Trinajstić information content (AvgIpc) is 3.41. The van der Waals surface area contributed by atoms with Gasteiger partial charge in [0.1, 0.15) is 17.1 Å². The van der Waals surface area contributed by atoms with Crippen LogP contribution in [0.2, 0.25) is 0 Å². The first-order chi connectivity index (χ1) is 17.2. The SMILES string of the molecule is CC1CCCN1C(=O)c1nc(C(=O)NC2(CO)COC2)sc1-c1cnc(NC(C)(C)C)cc1C(F)(F)F. The van der Waals surface area contributed by atoms with Crippen LogP contribution in [0.3, 0.4) is 0 Å². The average molecular weight is 542 g/mol. The van der Waals surface area contributed by atoms with E-state index in [0.29, 0.717) is 17.9 Å². The van der Waals surface area contributed by atoms with Gasteiger partial charge < -0.3 is 25.4 Å². The van der Waals surface area contributed by atoms with E-state index in [0.717, 1.165) is 25.1 Å². The van der Waals surface area contributed by atoms with Gasteiger partial charge in [-0.2, -0.15) is 13.2 Å². The van der Waals surface area contributed by atoms with Gasteiger partial charge >= 0.3 is 6.18 Å². The summed E-state index contributed by atoms with van der Waals surface area (Å²) in [4.78, 5) is 36.4. The highest BCUT2D eigenvalue weighted by Crippen LogP contribution is 2.42. The van der Waals surface area contributed by atoms with Gasteiger partial charge in [0.05, 0.1) is 30.3 Å². The van der Waals surface area contributed by atoms with Crippen molar-refractivity contribution in [2.75, 3.05) is 31.7 Å². The summed E-state index contributed by atoms with van der Waals surface area (Å²) < 4.78 is 47.8. The second-order valence-electron chi connectivity index (χ2n) is 10.6. The minimum absolute atomic E-state index is 0.0296. The zero-order valence-electron chi connectivity index (χ0n) is 21.0. The van der Waals surface area contributed by atoms with Crippen LogP contribution >= 0.6 is 11.3 Å². The monoisotopic (exact) mass is 541 g/mol. The number of nitrogens with one attached hydrogen (secondary N) is 2. The smallest absolute Gasteiger partial charge is 0.394 e. The fourth-order valence-electron chi connectivity index (χ4n) is 4.28. The number of alkyl halides is 3. The summed E-state index contributed by atoms with van der Waals surface area (Å²) in [6, 6.07) is 0.793. The molecule has 2 aromatic heterocycles. The van der Waals surface area contributed by atoms with E-state index in [4.69, 9.17) is 4.74 Å². The number of hydrogen-bond acceptors (Lipinski definition) is 8. The molecule has 13 heteroatoms. The summed E-state index contributed by atoms with van der Waals surface area (Å²) >= 11 is 0.691. The van der Waals surface area contributed by atoms with E-state index >= 15 is 0 Å². The van der Waals surface area contributed by atoms with Gasteiger partial charge in [0.25, 0.3) is 11.8 Å². The standard InChI is InChI=1S/C24H30F3N5O4S/c1-13-6-5-7-32(13)21(35)17-18(37-20(29-17)19(34)31-23(10-33)11-36-12-23)14-9-28-16(30-22(2,3)4)8-15(14)24(25,26)27/h8-9,13,33H,5-7,10-12H2,1-4H3,(H,28,30)(H,31,34). The molecular formula is C24H30F3N5O4S. The molecule has 4 rings (SSSR count). The second kappa shape index (κ2) is 9.84. The van der Waals surface area contributed by atoms with E-state index in [1.165, 1.54) is 0 Å². The molecule has 1 atom stereocenters. The van der Waals surface area contributed by atoms with Gasteiger partial charge in [-0.1, -0.05) is 0 Å². The summed E-state index contributed by atoms with van der Waals surface area (Å²) in [6.45, 7) is 7.51. The largest absolute Gasteiger partial charge is 0.417 e. The molecule has 9 nitrogen and oxygen atoms in total. The topological polar surface area (TPSA) is 117 Å². The molecule has 2 saturated heterocycles. The Morgan fingerprint density at radius 3 is 2.51 bits per heavy atom. The van der Waals surface area contributed by atoms with Crippen LogP contribution in [0.5, 0.6) is 0 Å². The summed E-state index contributed by atoms with van der Waals surface area (Å²) in [7, 11) is 0. The van der Waals surface area contributed by atoms with Crippen LogP contribution in [0.15, 0.2) is 12.3 Å². The molecule has 37 heavy (non-hydrogen) atoms. The molecule has 2 fully saturated rings. The molecular weight excluding hydrogens is 511 g/mol. The van der Waals surface area contributed by atoms with E-state index in [1.54, 1.807) is 25.7 Å². The van der Waals surface area contributed by atoms with Gasteiger partial charge in [-0.15, -0.1) is 11.3 Å². The molecule has 0 bridgehead atoms. The number of carbonyl (C=O) groups excluding carboxylic acids is 2. The number of nitrogens with zero attached hydrogens (tertiary/aromatic N) is 3. The predicted molar refractivity (Wildman–Crippen MR) is 132 cm³/mol. The Labute approximate surface area is 216 Å². The molecule has 0 spiro atoms. The van der Waals surface area contributed by atoms with E-state index in [9.17, 15) is 27.9 Å². The molecule has 0 saturated carbocycles. The van der Waals surface area contributed by atoms with E-state index < -0.39 is 34.6 Å². The van der Waals surface area contributed by atoms with Crippen LogP contribution in [0.1, 0.15) is 66.4 Å². The van der Waals surface area contributed by atoms with Crippen molar-refractivity contribution in [3.63, 3.8) is 0 Å². The fourth-order valence-corrected chi connectivity index (χ4v) is 5.26. The Morgan fingerprint density at radius 1 is 1.30 bits per heavy atom. The number of hydrogen-bond donors (Lipinski definition) is 3. The summed E-state index contributed by atoms with van der Waals surface area (Å²) in [5.41, 5.74) is -3.07. The van der Waals surface area contributed by atoms with Gasteiger partial charge in [0, 0.05) is 29.9 Å². The van der Waals surface area contributed by atoms with Gasteiger partial charge in [-0.05, 0) is 46.6 Å². The molecule has 202 valence electrons. The number of carbonyl (C=O) groups is 2. The van der Waals surface area contributed by atoms with Crippen molar-refractivity contribution in [2.24, 2.45) is 0 Å². The molecule has 3 N–H and O–H groups in total. The summed E-state index contributed by atoms with van der Waals surface area (Å²) in [5.74, 6) is -1.21. The first-order valence-corrected chi connectivity index (χ1v) is 12.7. The molecule has 0 radical (unpaired) electrons. The van der Waals surface area contributed by atoms with Crippen LogP contribution in [-0.2, 0) is 10.9 Å². The third-order valence-electron chi connectivity index (χ3n) is 6.23. The predicted octanol–water partition coefficient (Wildman–Crippen LogP) is 3.55. The van der Waals surface area contributed by atoms with Crippen LogP contribution in [0.4, 0.5) is 19.0 Å². The van der Waals surface area contributed by atoms with E-state index in [2.05, 4.69) is 20.6 Å². The van der Waals surface area contributed by atoms with Crippen LogP contribution in [0, 0.1) is 0 Å². The maximum absolute atomic E-state index is 14.2. The number of likely N-dealkylation sites (tertiary alicyclic amines) is 1. The molecule has 2 aliphatic rings. The Hall–Kier alpha value is -2.77. The number of pyridine rings is 1. The molecule has 4 heterocycles. The first-order valence-electron chi connectivity index (χ1n) is 11.9. The number of thiazole rings is 1. The summed E-state index contributed by atoms with van der Waals surface area (Å²) in [5, 5.41) is 15.0. The number of aliphatic hydroxyl groups excluding tert-OH is 1. The van der Waals surface area contributed by atoms with Crippen molar-refractivity contribution in [2.45, 2.75) is 63.8 Å². The van der Waals surface area contributed by atoms with Crippen molar-refractivity contribution in [1.29, 1.82) is 0 Å². The number of halogens is 3. The Kier molecular flexibility index (Phi) is 7.25. The lowest BCUT2D eigenvalue weighted by Gasteiger charge is -2.40. The second-order valence-corrected chi connectivity index (χ2v) is 11.6. The molecule has 0 aromatic carbocycles. The molecule has 2 amide bonds. The lowest BCUT2D eigenvalue weighted by atomic mass is 9.99. The highest BCUT2D eigenvalue weighted by molar-refractivity contribution is 7.17. The number of ether oxygens (including phenoxy) is 1. The Balaban J connectivity index is 1.81. The third kappa shape index (κ3) is 5.73. The van der Waals surface area contributed by atoms with Gasteiger partial charge in [0.15, 0.2) is 5.01 Å². The van der Waals surface area contributed by atoms with Gasteiger partial charge in [0.2, 0.25) is 0 Å². The van der Waals surface area contributed by atoms with Crippen LogP contribution in [0.25, 0.3) is 10.4 Å². The lowest BCUT2D eigenvalue weighted by molar-refractivity contribution is -0.137. The first kappa shape index (κ1) is 27.3. The highest BCUT2D eigenvalue weighted by atomic mass is 32.1.